The Balaban J connectivity index is 1.26. The molecule has 0 amide bonds. The molecule has 0 radical (unpaired) electrons. The van der Waals surface area contributed by atoms with Gasteiger partial charge in [0.05, 0.1) is 22.3 Å². The molecule has 0 unspecified atom stereocenters. The Bertz CT molecular complexity index is 1440. The molecule has 1 aliphatic rings. The number of hydrogen-bond acceptors (Lipinski definition) is 9. The number of nitrogens with one attached hydrogen (secondary N) is 1. The van der Waals surface area contributed by atoms with Gasteiger partial charge in [0.25, 0.3) is 0 Å². The van der Waals surface area contributed by atoms with Crippen LogP contribution in [-0.2, 0) is 17.1 Å². The predicted molar refractivity (Wildman–Crippen MR) is 122 cm³/mol. The molecule has 1 N–H and O–H groups in total. The normalized spacial score (nSPS) is 15.1. The van der Waals surface area contributed by atoms with Gasteiger partial charge < -0.3 is 14.6 Å². The Kier molecular flexibility index (Phi) is 5.30. The molecule has 11 nitrogen and oxygen atoms in total. The van der Waals surface area contributed by atoms with Gasteiger partial charge in [-0.3, -0.25) is 9.55 Å². The Labute approximate surface area is 189 Å². The van der Waals surface area contributed by atoms with Crippen molar-refractivity contribution in [2.75, 3.05) is 36.4 Å². The highest BCUT2D eigenvalue weighted by Crippen LogP contribution is 2.23. The van der Waals surface area contributed by atoms with E-state index in [0.717, 1.165) is 5.69 Å². The van der Waals surface area contributed by atoms with Gasteiger partial charge >= 0.3 is 5.76 Å². The first kappa shape index (κ1) is 21.1. The van der Waals surface area contributed by atoms with Crippen molar-refractivity contribution in [3.05, 3.63) is 65.4 Å². The second-order valence-corrected chi connectivity index (χ2v) is 9.53. The fraction of sp³-hybridized carbons (Fsp3) is 0.238. The van der Waals surface area contributed by atoms with Crippen molar-refractivity contribution in [2.45, 2.75) is 4.90 Å². The van der Waals surface area contributed by atoms with E-state index < -0.39 is 15.8 Å². The fourth-order valence-corrected chi connectivity index (χ4v) is 5.16. The molecule has 0 atom stereocenters. The molecule has 1 aromatic carbocycles. The van der Waals surface area contributed by atoms with Gasteiger partial charge in [0, 0.05) is 39.4 Å². The molecule has 33 heavy (non-hydrogen) atoms. The van der Waals surface area contributed by atoms with E-state index in [1.807, 2.05) is 29.2 Å². The van der Waals surface area contributed by atoms with Crippen LogP contribution in [0.2, 0.25) is 0 Å². The van der Waals surface area contributed by atoms with Crippen molar-refractivity contribution in [1.82, 2.24) is 24.1 Å². The molecule has 170 valence electrons. The number of aromatic nitrogens is 4. The van der Waals surface area contributed by atoms with Crippen molar-refractivity contribution in [2.24, 2.45) is 7.05 Å². The van der Waals surface area contributed by atoms with E-state index in [0.29, 0.717) is 48.9 Å². The number of anilines is 3. The van der Waals surface area contributed by atoms with Crippen LogP contribution in [0.3, 0.4) is 0 Å². The molecular formula is C21H21N7O4S. The van der Waals surface area contributed by atoms with Gasteiger partial charge in [-0.15, -0.1) is 10.2 Å². The minimum absolute atomic E-state index is 0.130. The minimum Gasteiger partial charge on any atom is -0.408 e. The van der Waals surface area contributed by atoms with Crippen LogP contribution in [0.25, 0.3) is 11.1 Å². The number of aryl methyl sites for hydroxylation is 1. The first-order valence-corrected chi connectivity index (χ1v) is 11.7. The third kappa shape index (κ3) is 4.05. The van der Waals surface area contributed by atoms with Gasteiger partial charge in [-0.05, 0) is 42.5 Å². The average Bonchev–Trinajstić information content (AvgIpc) is 3.13. The standard InChI is InChI=1S/C21H21N7O4S/c1-26-17-13-16(4-5-18(17)32-21(26)29)33(30,31)28-11-9-27(10-12-28)20-7-6-19(24-25-20)23-15-3-2-8-22-14-15/h2-8,13-14H,9-12H2,1H3,(H,23,24). The smallest absolute Gasteiger partial charge is 0.408 e. The molecule has 0 spiro atoms. The first-order chi connectivity index (χ1) is 15.9. The van der Waals surface area contributed by atoms with Gasteiger partial charge in [0.1, 0.15) is 0 Å². The lowest BCUT2D eigenvalue weighted by molar-refractivity contribution is 0.383. The SMILES string of the molecule is Cn1c(=O)oc2ccc(S(=O)(=O)N3CCN(c4ccc(Nc5cccnc5)nn4)CC3)cc21. The number of rotatable bonds is 5. The maximum atomic E-state index is 13.2. The van der Waals surface area contributed by atoms with Crippen LogP contribution in [0, 0.1) is 0 Å². The summed E-state index contributed by atoms with van der Waals surface area (Å²) in [5, 5.41) is 11.6. The molecule has 12 heteroatoms. The van der Waals surface area contributed by atoms with Crippen molar-refractivity contribution in [3.63, 3.8) is 0 Å². The maximum absolute atomic E-state index is 13.2. The molecule has 1 saturated heterocycles. The van der Waals surface area contributed by atoms with Gasteiger partial charge in [-0.25, -0.2) is 13.2 Å². The molecule has 1 aliphatic heterocycles. The number of sulfonamides is 1. The molecular weight excluding hydrogens is 446 g/mol. The molecule has 4 heterocycles. The monoisotopic (exact) mass is 467 g/mol. The van der Waals surface area contributed by atoms with Crippen molar-refractivity contribution in [3.8, 4) is 0 Å². The lowest BCUT2D eigenvalue weighted by atomic mass is 10.3. The highest BCUT2D eigenvalue weighted by atomic mass is 32.2. The van der Waals surface area contributed by atoms with Crippen LogP contribution >= 0.6 is 0 Å². The lowest BCUT2D eigenvalue weighted by Gasteiger charge is -2.34. The number of pyridine rings is 1. The molecule has 0 saturated carbocycles. The molecule has 0 bridgehead atoms. The van der Waals surface area contributed by atoms with Gasteiger partial charge in [-0.2, -0.15) is 4.31 Å². The first-order valence-electron chi connectivity index (χ1n) is 10.3. The molecule has 5 rings (SSSR count). The zero-order valence-electron chi connectivity index (χ0n) is 17.7. The van der Waals surface area contributed by atoms with E-state index in [9.17, 15) is 13.2 Å². The second kappa shape index (κ2) is 8.30. The number of fused-ring (bicyclic) bond motifs is 1. The van der Waals surface area contributed by atoms with Crippen LogP contribution in [0.4, 0.5) is 17.3 Å². The Morgan fingerprint density at radius 3 is 2.55 bits per heavy atom. The summed E-state index contributed by atoms with van der Waals surface area (Å²) in [5.74, 6) is 0.742. The zero-order valence-corrected chi connectivity index (χ0v) is 18.6. The summed E-state index contributed by atoms with van der Waals surface area (Å²) >= 11 is 0. The molecule has 1 fully saturated rings. The van der Waals surface area contributed by atoms with Gasteiger partial charge in [0.15, 0.2) is 17.2 Å². The number of hydrogen-bond donors (Lipinski definition) is 1. The van der Waals surface area contributed by atoms with Crippen LogP contribution in [-0.4, -0.2) is 58.7 Å². The lowest BCUT2D eigenvalue weighted by Crippen LogP contribution is -2.49. The summed E-state index contributed by atoms with van der Waals surface area (Å²) in [6.07, 6.45) is 3.39. The number of oxazole rings is 1. The minimum atomic E-state index is -3.71. The summed E-state index contributed by atoms with van der Waals surface area (Å²) in [5.41, 5.74) is 1.60. The number of nitrogens with zero attached hydrogens (tertiary/aromatic N) is 6. The summed E-state index contributed by atoms with van der Waals surface area (Å²) < 4.78 is 34.1. The van der Waals surface area contributed by atoms with Crippen LogP contribution < -0.4 is 16.0 Å². The highest BCUT2D eigenvalue weighted by Gasteiger charge is 2.29. The fourth-order valence-electron chi connectivity index (χ4n) is 3.72. The predicted octanol–water partition coefficient (Wildman–Crippen LogP) is 1.57. The molecule has 4 aromatic rings. The third-order valence-corrected chi connectivity index (χ3v) is 7.44. The summed E-state index contributed by atoms with van der Waals surface area (Å²) in [6.45, 7) is 1.58. The Hall–Kier alpha value is -3.77. The Morgan fingerprint density at radius 1 is 1.03 bits per heavy atom. The van der Waals surface area contributed by atoms with E-state index in [-0.39, 0.29) is 4.90 Å². The van der Waals surface area contributed by atoms with Crippen molar-refractivity contribution in [1.29, 1.82) is 0 Å². The largest absolute Gasteiger partial charge is 0.419 e. The van der Waals surface area contributed by atoms with E-state index in [2.05, 4.69) is 20.5 Å². The van der Waals surface area contributed by atoms with Crippen LogP contribution in [0.5, 0.6) is 0 Å². The average molecular weight is 468 g/mol. The molecule has 0 aliphatic carbocycles. The van der Waals surface area contributed by atoms with Crippen LogP contribution in [0.15, 0.2) is 69.0 Å². The number of piperazine rings is 1. The third-order valence-electron chi connectivity index (χ3n) is 5.55. The second-order valence-electron chi connectivity index (χ2n) is 7.59. The maximum Gasteiger partial charge on any atom is 0.419 e. The Morgan fingerprint density at radius 2 is 1.85 bits per heavy atom. The van der Waals surface area contributed by atoms with Crippen molar-refractivity contribution >= 4 is 38.4 Å². The van der Waals surface area contributed by atoms with Crippen LogP contribution in [0.1, 0.15) is 0 Å². The van der Waals surface area contributed by atoms with E-state index in [1.54, 1.807) is 19.4 Å². The van der Waals surface area contributed by atoms with Gasteiger partial charge in [-0.1, -0.05) is 0 Å². The van der Waals surface area contributed by atoms with Crippen molar-refractivity contribution < 1.29 is 12.8 Å². The highest BCUT2D eigenvalue weighted by molar-refractivity contribution is 7.89. The van der Waals surface area contributed by atoms with E-state index in [4.69, 9.17) is 4.42 Å². The summed E-state index contributed by atoms with van der Waals surface area (Å²) in [7, 11) is -2.17. The zero-order chi connectivity index (χ0) is 23.0. The molecule has 3 aromatic heterocycles. The number of benzene rings is 1. The van der Waals surface area contributed by atoms with E-state index >= 15 is 0 Å². The van der Waals surface area contributed by atoms with Gasteiger partial charge in [0.2, 0.25) is 10.0 Å². The summed E-state index contributed by atoms with van der Waals surface area (Å²) in [6, 6.07) is 11.8. The topological polar surface area (TPSA) is 126 Å². The van der Waals surface area contributed by atoms with E-state index in [1.165, 1.54) is 27.1 Å². The summed E-state index contributed by atoms with van der Waals surface area (Å²) in [4.78, 5) is 17.9. The quantitative estimate of drug-likeness (QED) is 0.465.